The van der Waals surface area contributed by atoms with Crippen molar-refractivity contribution in [2.24, 2.45) is 0 Å². The van der Waals surface area contributed by atoms with E-state index < -0.39 is 0 Å². The second-order valence-corrected chi connectivity index (χ2v) is 8.17. The van der Waals surface area contributed by atoms with Crippen LogP contribution in [0, 0.1) is 0 Å². The van der Waals surface area contributed by atoms with Gasteiger partial charge in [0.2, 0.25) is 11.8 Å². The smallest absolute Gasteiger partial charge is 0.244 e. The molecule has 0 aliphatic rings. The van der Waals surface area contributed by atoms with Crippen molar-refractivity contribution in [1.82, 2.24) is 4.90 Å². The first-order chi connectivity index (χ1) is 11.5. The summed E-state index contributed by atoms with van der Waals surface area (Å²) in [5, 5.41) is 3.16. The monoisotopic (exact) mass is 402 g/mol. The van der Waals surface area contributed by atoms with Gasteiger partial charge in [-0.1, -0.05) is 35.3 Å². The van der Waals surface area contributed by atoms with Gasteiger partial charge in [-0.05, 0) is 24.3 Å². The van der Waals surface area contributed by atoms with Crippen LogP contribution < -0.4 is 5.32 Å². The fourth-order valence-electron chi connectivity index (χ4n) is 1.83. The topological polar surface area (TPSA) is 49.4 Å². The molecule has 1 aromatic carbocycles. The van der Waals surface area contributed by atoms with E-state index in [4.69, 9.17) is 23.2 Å². The van der Waals surface area contributed by atoms with Crippen LogP contribution in [0.5, 0.6) is 0 Å². The summed E-state index contributed by atoms with van der Waals surface area (Å²) in [5.41, 5.74) is 0.536. The molecule has 0 radical (unpaired) electrons. The molecular formula is C16H16Cl2N2O2S2. The summed E-state index contributed by atoms with van der Waals surface area (Å²) in [4.78, 5) is 26.6. The summed E-state index contributed by atoms with van der Waals surface area (Å²) in [6.45, 7) is -0.0184. The van der Waals surface area contributed by atoms with Gasteiger partial charge in [0.25, 0.3) is 0 Å². The Balaban J connectivity index is 1.74. The predicted octanol–water partition coefficient (Wildman–Crippen LogP) is 4.39. The van der Waals surface area contributed by atoms with Gasteiger partial charge < -0.3 is 10.2 Å². The zero-order valence-corrected chi connectivity index (χ0v) is 16.1. The maximum Gasteiger partial charge on any atom is 0.244 e. The van der Waals surface area contributed by atoms with Gasteiger partial charge in [0, 0.05) is 17.7 Å². The summed E-state index contributed by atoms with van der Waals surface area (Å²) >= 11 is 14.9. The number of anilines is 1. The Hall–Kier alpha value is -1.21. The van der Waals surface area contributed by atoms with Crippen molar-refractivity contribution < 1.29 is 9.59 Å². The molecule has 2 aromatic rings. The molecule has 0 spiro atoms. The highest BCUT2D eigenvalue weighted by atomic mass is 35.5. The fraction of sp³-hybridized carbons (Fsp3) is 0.250. The number of para-hydroxylation sites is 1. The van der Waals surface area contributed by atoms with Gasteiger partial charge >= 0.3 is 0 Å². The number of nitrogens with zero attached hydrogens (tertiary/aromatic N) is 1. The SMILES string of the molecule is CN(CC(=O)Nc1ccccc1Cl)C(=O)CSCc1ccc(Cl)s1. The Labute approximate surface area is 159 Å². The minimum Gasteiger partial charge on any atom is -0.336 e. The first-order valence-electron chi connectivity index (χ1n) is 7.06. The van der Waals surface area contributed by atoms with Gasteiger partial charge in [0.15, 0.2) is 0 Å². The first-order valence-corrected chi connectivity index (χ1v) is 9.78. The lowest BCUT2D eigenvalue weighted by Crippen LogP contribution is -2.36. The van der Waals surface area contributed by atoms with E-state index in [1.807, 2.05) is 12.1 Å². The summed E-state index contributed by atoms with van der Waals surface area (Å²) in [6.07, 6.45) is 0. The predicted molar refractivity (Wildman–Crippen MR) is 103 cm³/mol. The molecule has 1 aromatic heterocycles. The molecule has 0 saturated carbocycles. The molecule has 0 atom stereocenters. The zero-order valence-electron chi connectivity index (χ0n) is 12.9. The Kier molecular flexibility index (Phi) is 7.42. The lowest BCUT2D eigenvalue weighted by Gasteiger charge is -2.17. The number of benzene rings is 1. The average molecular weight is 403 g/mol. The Morgan fingerprint density at radius 1 is 1.21 bits per heavy atom. The summed E-state index contributed by atoms with van der Waals surface area (Å²) in [7, 11) is 1.61. The lowest BCUT2D eigenvalue weighted by atomic mass is 10.3. The van der Waals surface area contributed by atoms with Crippen molar-refractivity contribution in [3.63, 3.8) is 0 Å². The molecule has 0 unspecified atom stereocenters. The van der Waals surface area contributed by atoms with E-state index in [1.165, 1.54) is 28.0 Å². The number of rotatable bonds is 7. The summed E-state index contributed by atoms with van der Waals surface area (Å²) < 4.78 is 0.741. The molecule has 1 heterocycles. The van der Waals surface area contributed by atoms with Crippen LogP contribution in [-0.4, -0.2) is 36.1 Å². The third kappa shape index (κ3) is 6.02. The van der Waals surface area contributed by atoms with E-state index in [-0.39, 0.29) is 18.4 Å². The molecule has 0 aliphatic carbocycles. The number of thiophene rings is 1. The first kappa shape index (κ1) is 19.1. The molecule has 0 aliphatic heterocycles. The zero-order chi connectivity index (χ0) is 17.5. The van der Waals surface area contributed by atoms with Gasteiger partial charge in [0.05, 0.1) is 27.3 Å². The second kappa shape index (κ2) is 9.32. The van der Waals surface area contributed by atoms with Crippen molar-refractivity contribution in [3.8, 4) is 0 Å². The summed E-state index contributed by atoms with van der Waals surface area (Å²) in [6, 6.07) is 10.8. The van der Waals surface area contributed by atoms with E-state index in [9.17, 15) is 9.59 Å². The number of nitrogens with one attached hydrogen (secondary N) is 1. The van der Waals surface area contributed by atoms with Crippen molar-refractivity contribution in [2.75, 3.05) is 24.7 Å². The molecule has 0 saturated heterocycles. The Bertz CT molecular complexity index is 722. The lowest BCUT2D eigenvalue weighted by molar-refractivity contribution is -0.131. The van der Waals surface area contributed by atoms with Crippen molar-refractivity contribution in [1.29, 1.82) is 0 Å². The molecule has 0 bridgehead atoms. The van der Waals surface area contributed by atoms with Crippen LogP contribution in [0.4, 0.5) is 5.69 Å². The van der Waals surface area contributed by atoms with Crippen LogP contribution in [0.25, 0.3) is 0 Å². The number of hydrogen-bond acceptors (Lipinski definition) is 4. The van der Waals surface area contributed by atoms with Crippen LogP contribution in [0.2, 0.25) is 9.36 Å². The normalized spacial score (nSPS) is 10.5. The third-order valence-corrected chi connectivity index (χ3v) is 5.76. The third-order valence-electron chi connectivity index (χ3n) is 3.05. The average Bonchev–Trinajstić information content (AvgIpc) is 2.95. The van der Waals surface area contributed by atoms with Crippen molar-refractivity contribution >= 4 is 63.8 Å². The van der Waals surface area contributed by atoms with E-state index >= 15 is 0 Å². The molecule has 8 heteroatoms. The van der Waals surface area contributed by atoms with Crippen LogP contribution in [-0.2, 0) is 15.3 Å². The minimum atomic E-state index is -0.283. The van der Waals surface area contributed by atoms with Gasteiger partial charge in [-0.3, -0.25) is 9.59 Å². The molecule has 0 fully saturated rings. The van der Waals surface area contributed by atoms with Crippen LogP contribution in [0.3, 0.4) is 0 Å². The maximum absolute atomic E-state index is 12.1. The number of carbonyl (C=O) groups excluding carboxylic acids is 2. The van der Waals surface area contributed by atoms with Gasteiger partial charge in [-0.2, -0.15) is 0 Å². The molecule has 128 valence electrons. The fourth-order valence-corrected chi connectivity index (χ4v) is 4.18. The van der Waals surface area contributed by atoms with Crippen LogP contribution in [0.15, 0.2) is 36.4 Å². The van der Waals surface area contributed by atoms with E-state index in [1.54, 1.807) is 31.3 Å². The molecule has 4 nitrogen and oxygen atoms in total. The second-order valence-electron chi connectivity index (χ2n) is 4.98. The van der Waals surface area contributed by atoms with Crippen molar-refractivity contribution in [3.05, 3.63) is 50.6 Å². The van der Waals surface area contributed by atoms with Gasteiger partial charge in [-0.25, -0.2) is 0 Å². The standard InChI is InChI=1S/C16H16Cl2N2O2S2/c1-20(8-15(21)19-13-5-3-2-4-12(13)17)16(22)10-23-9-11-6-7-14(18)24-11/h2-7H,8-10H2,1H3,(H,19,21). The van der Waals surface area contributed by atoms with E-state index in [0.29, 0.717) is 16.5 Å². The maximum atomic E-state index is 12.1. The minimum absolute atomic E-state index is 0.0184. The quantitative estimate of drug-likeness (QED) is 0.746. The molecule has 2 rings (SSSR count). The number of halogens is 2. The summed E-state index contributed by atoms with van der Waals surface area (Å²) in [5.74, 6) is 0.653. The molecular weight excluding hydrogens is 387 g/mol. The molecule has 24 heavy (non-hydrogen) atoms. The Morgan fingerprint density at radius 3 is 2.62 bits per heavy atom. The highest BCUT2D eigenvalue weighted by Gasteiger charge is 2.14. The highest BCUT2D eigenvalue weighted by Crippen LogP contribution is 2.25. The van der Waals surface area contributed by atoms with Crippen molar-refractivity contribution in [2.45, 2.75) is 5.75 Å². The number of likely N-dealkylation sites (N-methyl/N-ethyl adjacent to an activating group) is 1. The number of amides is 2. The number of carbonyl (C=O) groups is 2. The number of hydrogen-bond donors (Lipinski definition) is 1. The van der Waals surface area contributed by atoms with Gasteiger partial charge in [0.1, 0.15) is 0 Å². The molecule has 1 N–H and O–H groups in total. The molecule has 2 amide bonds. The highest BCUT2D eigenvalue weighted by molar-refractivity contribution is 7.99. The van der Waals surface area contributed by atoms with Gasteiger partial charge in [-0.15, -0.1) is 23.1 Å². The largest absolute Gasteiger partial charge is 0.336 e. The van der Waals surface area contributed by atoms with Crippen LogP contribution >= 0.6 is 46.3 Å². The van der Waals surface area contributed by atoms with Crippen LogP contribution in [0.1, 0.15) is 4.88 Å². The van der Waals surface area contributed by atoms with E-state index in [0.717, 1.165) is 15.0 Å². The van der Waals surface area contributed by atoms with E-state index in [2.05, 4.69) is 5.32 Å². The number of thioether (sulfide) groups is 1. The Morgan fingerprint density at radius 2 is 1.96 bits per heavy atom.